The van der Waals surface area contributed by atoms with Crippen LogP contribution in [-0.2, 0) is 0 Å². The van der Waals surface area contributed by atoms with Crippen molar-refractivity contribution < 1.29 is 0 Å². The van der Waals surface area contributed by atoms with Crippen molar-refractivity contribution in [3.8, 4) is 0 Å². The van der Waals surface area contributed by atoms with E-state index >= 15 is 0 Å². The average Bonchev–Trinajstić information content (AvgIpc) is 2.33. The summed E-state index contributed by atoms with van der Waals surface area (Å²) in [6, 6.07) is 3.44. The van der Waals surface area contributed by atoms with Gasteiger partial charge in [0.1, 0.15) is 0 Å². The Kier molecular flexibility index (Phi) is 2.17. The molecule has 0 atom stereocenters. The Morgan fingerprint density at radius 1 is 1.17 bits per heavy atom. The van der Waals surface area contributed by atoms with Crippen LogP contribution in [0.25, 0.3) is 10.1 Å². The molecule has 0 saturated carbocycles. The first-order valence-corrected chi connectivity index (χ1v) is 4.99. The molecule has 1 heterocycles. The average molecular weight is 239 g/mol. The topological polar surface area (TPSA) is 12.9 Å². The molecule has 0 amide bonds. The largest absolute Gasteiger partial charge is 0.180 e. The van der Waals surface area contributed by atoms with Crippen LogP contribution in [0.1, 0.15) is 0 Å². The van der Waals surface area contributed by atoms with Crippen LogP contribution in [0.5, 0.6) is 0 Å². The first-order valence-electron chi connectivity index (χ1n) is 3.08. The third-order valence-electron chi connectivity index (χ3n) is 1.45. The van der Waals surface area contributed by atoms with Gasteiger partial charge < -0.3 is 0 Å². The summed E-state index contributed by atoms with van der Waals surface area (Å²) in [5.41, 5.74) is 0. The van der Waals surface area contributed by atoms with E-state index in [1.54, 1.807) is 12.1 Å². The molecule has 0 aliphatic heterocycles. The predicted octanol–water partition coefficient (Wildman–Crippen LogP) is 4.26. The van der Waals surface area contributed by atoms with Gasteiger partial charge >= 0.3 is 0 Å². The van der Waals surface area contributed by atoms with Crippen LogP contribution in [-0.4, -0.2) is 4.37 Å². The van der Waals surface area contributed by atoms with E-state index in [1.165, 1.54) is 11.5 Å². The number of fused-ring (bicyclic) bond motifs is 1. The molecule has 1 nitrogen and oxygen atoms in total. The zero-order chi connectivity index (χ0) is 8.72. The number of aromatic nitrogens is 1. The minimum atomic E-state index is 0.458. The molecule has 2 aromatic rings. The molecular formula is C7H2Cl3NS. The fourth-order valence-corrected chi connectivity index (χ4v) is 2.52. The van der Waals surface area contributed by atoms with Crippen LogP contribution < -0.4 is 0 Å². The van der Waals surface area contributed by atoms with Gasteiger partial charge in [0.15, 0.2) is 5.15 Å². The second-order valence-corrected chi connectivity index (χ2v) is 4.21. The molecule has 12 heavy (non-hydrogen) atoms. The molecule has 0 N–H and O–H groups in total. The van der Waals surface area contributed by atoms with Crippen molar-refractivity contribution in [2.75, 3.05) is 0 Å². The summed E-state index contributed by atoms with van der Waals surface area (Å²) in [4.78, 5) is 0. The van der Waals surface area contributed by atoms with E-state index in [4.69, 9.17) is 34.8 Å². The lowest BCUT2D eigenvalue weighted by Crippen LogP contribution is -1.68. The number of halogens is 3. The summed E-state index contributed by atoms with van der Waals surface area (Å²) < 4.78 is 4.84. The quantitative estimate of drug-likeness (QED) is 0.668. The monoisotopic (exact) mass is 237 g/mol. The maximum Gasteiger partial charge on any atom is 0.150 e. The highest BCUT2D eigenvalue weighted by Crippen LogP contribution is 2.34. The molecule has 2 rings (SSSR count). The van der Waals surface area contributed by atoms with Gasteiger partial charge in [0, 0.05) is 10.4 Å². The third-order valence-corrected chi connectivity index (χ3v) is 3.36. The summed E-state index contributed by atoms with van der Waals surface area (Å²) in [5.74, 6) is 0. The van der Waals surface area contributed by atoms with Crippen molar-refractivity contribution in [3.05, 3.63) is 27.3 Å². The lowest BCUT2D eigenvalue weighted by Gasteiger charge is -1.93. The van der Waals surface area contributed by atoms with E-state index in [-0.39, 0.29) is 0 Å². The van der Waals surface area contributed by atoms with Crippen molar-refractivity contribution in [3.63, 3.8) is 0 Å². The molecule has 5 heteroatoms. The zero-order valence-electron chi connectivity index (χ0n) is 5.64. The molecule has 0 spiro atoms. The fraction of sp³-hybridized carbons (Fsp3) is 0. The Bertz CT molecular complexity index is 437. The summed E-state index contributed by atoms with van der Waals surface area (Å²) in [7, 11) is 0. The second-order valence-electron chi connectivity index (χ2n) is 2.24. The smallest absolute Gasteiger partial charge is 0.150 e. The number of rotatable bonds is 0. The Balaban J connectivity index is 2.92. The molecule has 1 aromatic heterocycles. The van der Waals surface area contributed by atoms with E-state index < -0.39 is 0 Å². The Hall–Kier alpha value is -0.0200. The van der Waals surface area contributed by atoms with Gasteiger partial charge in [0.05, 0.1) is 9.72 Å². The minimum absolute atomic E-state index is 0.458. The highest BCUT2D eigenvalue weighted by molar-refractivity contribution is 7.14. The maximum atomic E-state index is 5.90. The minimum Gasteiger partial charge on any atom is -0.180 e. The van der Waals surface area contributed by atoms with E-state index in [0.29, 0.717) is 15.2 Å². The van der Waals surface area contributed by atoms with Crippen molar-refractivity contribution in [2.45, 2.75) is 0 Å². The number of hydrogen-bond acceptors (Lipinski definition) is 2. The zero-order valence-corrected chi connectivity index (χ0v) is 8.73. The summed E-state index contributed by atoms with van der Waals surface area (Å²) >= 11 is 18.8. The summed E-state index contributed by atoms with van der Waals surface area (Å²) in [6.07, 6.45) is 0. The van der Waals surface area contributed by atoms with Gasteiger partial charge in [-0.25, -0.2) is 0 Å². The van der Waals surface area contributed by atoms with Crippen LogP contribution >= 0.6 is 46.3 Å². The number of hydrogen-bond donors (Lipinski definition) is 0. The molecule has 0 aliphatic rings. The molecule has 62 valence electrons. The van der Waals surface area contributed by atoms with Crippen LogP contribution in [0.3, 0.4) is 0 Å². The van der Waals surface area contributed by atoms with Gasteiger partial charge in [-0.05, 0) is 23.7 Å². The first-order chi connectivity index (χ1) is 5.68. The van der Waals surface area contributed by atoms with Crippen molar-refractivity contribution >= 4 is 56.4 Å². The SMILES string of the molecule is Clc1cc(Cl)c2snc(Cl)c2c1. The number of benzene rings is 1. The first kappa shape index (κ1) is 8.57. The van der Waals surface area contributed by atoms with E-state index in [2.05, 4.69) is 4.37 Å². The lowest BCUT2D eigenvalue weighted by molar-refractivity contribution is 1.60. The fourth-order valence-electron chi connectivity index (χ4n) is 0.941. The molecule has 0 fully saturated rings. The van der Waals surface area contributed by atoms with Gasteiger partial charge in [0.25, 0.3) is 0 Å². The van der Waals surface area contributed by atoms with Crippen molar-refractivity contribution in [1.82, 2.24) is 4.37 Å². The van der Waals surface area contributed by atoms with Crippen LogP contribution in [0.4, 0.5) is 0 Å². The third kappa shape index (κ3) is 1.29. The van der Waals surface area contributed by atoms with E-state index in [1.807, 2.05) is 0 Å². The molecule has 1 aromatic carbocycles. The lowest BCUT2D eigenvalue weighted by atomic mass is 10.3. The Morgan fingerprint density at radius 3 is 2.67 bits per heavy atom. The molecule has 0 bridgehead atoms. The van der Waals surface area contributed by atoms with Crippen LogP contribution in [0.15, 0.2) is 12.1 Å². The predicted molar refractivity (Wildman–Crippen MR) is 54.6 cm³/mol. The molecule has 0 unspecified atom stereocenters. The van der Waals surface area contributed by atoms with Crippen LogP contribution in [0.2, 0.25) is 15.2 Å². The van der Waals surface area contributed by atoms with Gasteiger partial charge in [-0.3, -0.25) is 0 Å². The molecule has 0 saturated heterocycles. The van der Waals surface area contributed by atoms with Gasteiger partial charge in [0.2, 0.25) is 0 Å². The van der Waals surface area contributed by atoms with Gasteiger partial charge in [-0.15, -0.1) is 0 Å². The van der Waals surface area contributed by atoms with E-state index in [0.717, 1.165) is 10.1 Å². The Labute approximate surface area is 88.0 Å². The highest BCUT2D eigenvalue weighted by atomic mass is 35.5. The highest BCUT2D eigenvalue weighted by Gasteiger charge is 2.07. The van der Waals surface area contributed by atoms with Crippen molar-refractivity contribution in [2.24, 2.45) is 0 Å². The van der Waals surface area contributed by atoms with Gasteiger partial charge in [-0.1, -0.05) is 34.8 Å². The van der Waals surface area contributed by atoms with Crippen LogP contribution in [0, 0.1) is 0 Å². The van der Waals surface area contributed by atoms with Gasteiger partial charge in [-0.2, -0.15) is 4.37 Å². The standard InChI is InChI=1S/C7H2Cl3NS/c8-3-1-4-6(5(9)2-3)12-11-7(4)10/h1-2H. The second kappa shape index (κ2) is 3.04. The molecule has 0 aliphatic carbocycles. The van der Waals surface area contributed by atoms with Crippen molar-refractivity contribution in [1.29, 1.82) is 0 Å². The molecular weight excluding hydrogens is 237 g/mol. The normalized spacial score (nSPS) is 10.9. The summed E-state index contributed by atoms with van der Waals surface area (Å²) in [5, 5.41) is 2.45. The Morgan fingerprint density at radius 2 is 1.92 bits per heavy atom. The summed E-state index contributed by atoms with van der Waals surface area (Å²) in [6.45, 7) is 0. The maximum absolute atomic E-state index is 5.90. The molecule has 0 radical (unpaired) electrons. The van der Waals surface area contributed by atoms with E-state index in [9.17, 15) is 0 Å². The number of nitrogens with zero attached hydrogens (tertiary/aromatic N) is 1.